The summed E-state index contributed by atoms with van der Waals surface area (Å²) in [6, 6.07) is 13.3. The highest BCUT2D eigenvalue weighted by Gasteiger charge is 2.29. The molecule has 1 saturated heterocycles. The maximum absolute atomic E-state index is 11.2. The van der Waals surface area contributed by atoms with Gasteiger partial charge in [0.1, 0.15) is 6.42 Å². The van der Waals surface area contributed by atoms with Gasteiger partial charge in [0.25, 0.3) is 6.29 Å². The first-order chi connectivity index (χ1) is 8.72. The maximum atomic E-state index is 11.2. The predicted molar refractivity (Wildman–Crippen MR) is 63.5 cm³/mol. The number of hydrogen-bond acceptors (Lipinski definition) is 4. The zero-order chi connectivity index (χ0) is 12.5. The fraction of sp³-hybridized carbons (Fsp3) is 0.143. The second kappa shape index (κ2) is 4.14. The van der Waals surface area contributed by atoms with E-state index < -0.39 is 18.2 Å². The van der Waals surface area contributed by atoms with Crippen LogP contribution in [0.2, 0.25) is 0 Å². The Hall–Kier alpha value is -2.36. The van der Waals surface area contributed by atoms with E-state index >= 15 is 0 Å². The summed E-state index contributed by atoms with van der Waals surface area (Å²) in [5, 5.41) is 2.09. The number of hydrogen-bond donors (Lipinski definition) is 0. The lowest BCUT2D eigenvalue weighted by atomic mass is 10.1. The third-order valence-electron chi connectivity index (χ3n) is 2.81. The number of cyclic esters (lactones) is 2. The van der Waals surface area contributed by atoms with Gasteiger partial charge in [0, 0.05) is 5.56 Å². The number of benzene rings is 2. The van der Waals surface area contributed by atoms with E-state index in [1.165, 1.54) is 0 Å². The first-order valence-electron chi connectivity index (χ1n) is 5.60. The van der Waals surface area contributed by atoms with Gasteiger partial charge in [-0.25, -0.2) is 0 Å². The first-order valence-corrected chi connectivity index (χ1v) is 5.60. The SMILES string of the molecule is O=C1CC(=O)OC(c2ccc3ccccc3c2)O1. The topological polar surface area (TPSA) is 52.6 Å². The van der Waals surface area contributed by atoms with Crippen LogP contribution in [0, 0.1) is 0 Å². The summed E-state index contributed by atoms with van der Waals surface area (Å²) in [7, 11) is 0. The Labute approximate surface area is 103 Å². The van der Waals surface area contributed by atoms with E-state index in [-0.39, 0.29) is 6.42 Å². The lowest BCUT2D eigenvalue weighted by Gasteiger charge is -2.22. The Morgan fingerprint density at radius 2 is 1.56 bits per heavy atom. The Balaban J connectivity index is 1.98. The standard InChI is InChI=1S/C14H10O4/c15-12-8-13(16)18-14(17-12)11-6-5-9-3-1-2-4-10(9)7-11/h1-7,14H,8H2. The molecule has 4 heteroatoms. The van der Waals surface area contributed by atoms with Gasteiger partial charge in [-0.1, -0.05) is 36.4 Å². The lowest BCUT2D eigenvalue weighted by molar-refractivity contribution is -0.204. The van der Waals surface area contributed by atoms with Crippen molar-refractivity contribution in [3.05, 3.63) is 48.0 Å². The molecule has 3 rings (SSSR count). The predicted octanol–water partition coefficient (Wildman–Crippen LogP) is 2.33. The number of carbonyl (C=O) groups is 2. The van der Waals surface area contributed by atoms with Crippen LogP contribution in [0.15, 0.2) is 42.5 Å². The van der Waals surface area contributed by atoms with Crippen molar-refractivity contribution in [1.29, 1.82) is 0 Å². The van der Waals surface area contributed by atoms with Crippen molar-refractivity contribution in [2.24, 2.45) is 0 Å². The highest BCUT2D eigenvalue weighted by Crippen LogP contribution is 2.27. The molecule has 18 heavy (non-hydrogen) atoms. The smallest absolute Gasteiger partial charge is 0.320 e. The number of rotatable bonds is 1. The molecule has 0 atom stereocenters. The fourth-order valence-corrected chi connectivity index (χ4v) is 1.95. The average Bonchev–Trinajstić information content (AvgIpc) is 2.37. The highest BCUT2D eigenvalue weighted by atomic mass is 16.7. The molecule has 0 aromatic heterocycles. The number of carbonyl (C=O) groups excluding carboxylic acids is 2. The summed E-state index contributed by atoms with van der Waals surface area (Å²) in [5.74, 6) is -1.10. The van der Waals surface area contributed by atoms with Crippen LogP contribution in [-0.2, 0) is 19.1 Å². The third-order valence-corrected chi connectivity index (χ3v) is 2.81. The van der Waals surface area contributed by atoms with Gasteiger partial charge in [-0.05, 0) is 16.8 Å². The highest BCUT2D eigenvalue weighted by molar-refractivity contribution is 5.93. The second-order valence-electron chi connectivity index (χ2n) is 4.10. The minimum absolute atomic E-state index is 0.315. The van der Waals surface area contributed by atoms with Gasteiger partial charge in [0.05, 0.1) is 0 Å². The van der Waals surface area contributed by atoms with Gasteiger partial charge in [0.15, 0.2) is 0 Å². The molecule has 0 amide bonds. The molecule has 0 N–H and O–H groups in total. The van der Waals surface area contributed by atoms with Crippen LogP contribution in [0.1, 0.15) is 18.3 Å². The molecule has 0 spiro atoms. The number of fused-ring (bicyclic) bond motifs is 1. The number of esters is 2. The van der Waals surface area contributed by atoms with E-state index in [1.54, 1.807) is 6.07 Å². The van der Waals surface area contributed by atoms with Crippen molar-refractivity contribution < 1.29 is 19.1 Å². The maximum Gasteiger partial charge on any atom is 0.320 e. The van der Waals surface area contributed by atoms with E-state index in [2.05, 4.69) is 0 Å². The zero-order valence-corrected chi connectivity index (χ0v) is 9.46. The van der Waals surface area contributed by atoms with E-state index in [4.69, 9.17) is 9.47 Å². The molecule has 2 aromatic carbocycles. The van der Waals surface area contributed by atoms with E-state index in [0.717, 1.165) is 10.8 Å². The molecule has 1 fully saturated rings. The van der Waals surface area contributed by atoms with Crippen molar-refractivity contribution in [2.75, 3.05) is 0 Å². The molecule has 0 aliphatic carbocycles. The van der Waals surface area contributed by atoms with E-state index in [1.807, 2.05) is 36.4 Å². The van der Waals surface area contributed by atoms with Crippen LogP contribution in [0.4, 0.5) is 0 Å². The molecule has 0 bridgehead atoms. The summed E-state index contributed by atoms with van der Waals surface area (Å²) >= 11 is 0. The van der Waals surface area contributed by atoms with E-state index in [0.29, 0.717) is 5.56 Å². The molecule has 4 nitrogen and oxygen atoms in total. The molecule has 0 saturated carbocycles. The summed E-state index contributed by atoms with van der Waals surface area (Å²) in [5.41, 5.74) is 0.662. The first kappa shape index (κ1) is 10.8. The van der Waals surface area contributed by atoms with Crippen LogP contribution >= 0.6 is 0 Å². The van der Waals surface area contributed by atoms with Crippen molar-refractivity contribution >= 4 is 22.7 Å². The molecular weight excluding hydrogens is 232 g/mol. The lowest BCUT2D eigenvalue weighted by Crippen LogP contribution is -2.26. The van der Waals surface area contributed by atoms with Gasteiger partial charge in [-0.3, -0.25) is 9.59 Å². The van der Waals surface area contributed by atoms with Crippen LogP contribution in [0.5, 0.6) is 0 Å². The average molecular weight is 242 g/mol. The molecule has 1 aliphatic heterocycles. The van der Waals surface area contributed by atoms with Crippen LogP contribution in [0.3, 0.4) is 0 Å². The van der Waals surface area contributed by atoms with Crippen molar-refractivity contribution in [3.63, 3.8) is 0 Å². The monoisotopic (exact) mass is 242 g/mol. The molecule has 90 valence electrons. The largest absolute Gasteiger partial charge is 0.420 e. The molecule has 2 aromatic rings. The summed E-state index contributed by atoms with van der Waals surface area (Å²) in [4.78, 5) is 22.4. The normalized spacial score (nSPS) is 16.4. The zero-order valence-electron chi connectivity index (χ0n) is 9.46. The van der Waals surface area contributed by atoms with Gasteiger partial charge < -0.3 is 9.47 Å². The minimum Gasteiger partial charge on any atom is -0.420 e. The van der Waals surface area contributed by atoms with Crippen molar-refractivity contribution in [3.8, 4) is 0 Å². The Morgan fingerprint density at radius 3 is 2.28 bits per heavy atom. The van der Waals surface area contributed by atoms with E-state index in [9.17, 15) is 9.59 Å². The molecule has 1 heterocycles. The molecule has 1 aliphatic rings. The Bertz CT molecular complexity index is 616. The third kappa shape index (κ3) is 1.93. The van der Waals surface area contributed by atoms with Crippen molar-refractivity contribution in [1.82, 2.24) is 0 Å². The number of ether oxygens (including phenoxy) is 2. The Morgan fingerprint density at radius 1 is 0.889 bits per heavy atom. The Kier molecular flexibility index (Phi) is 2.48. The van der Waals surface area contributed by atoms with Crippen LogP contribution < -0.4 is 0 Å². The summed E-state index contributed by atoms with van der Waals surface area (Å²) in [6.45, 7) is 0. The quantitative estimate of drug-likeness (QED) is 0.569. The second-order valence-corrected chi connectivity index (χ2v) is 4.10. The molecular formula is C14H10O4. The fourth-order valence-electron chi connectivity index (χ4n) is 1.95. The van der Waals surface area contributed by atoms with Gasteiger partial charge >= 0.3 is 11.9 Å². The van der Waals surface area contributed by atoms with Gasteiger partial charge in [-0.2, -0.15) is 0 Å². The minimum atomic E-state index is -0.927. The van der Waals surface area contributed by atoms with Crippen LogP contribution in [-0.4, -0.2) is 11.9 Å². The summed E-state index contributed by atoms with van der Waals surface area (Å²) < 4.78 is 10.0. The van der Waals surface area contributed by atoms with Gasteiger partial charge in [-0.15, -0.1) is 0 Å². The van der Waals surface area contributed by atoms with Gasteiger partial charge in [0.2, 0.25) is 0 Å². The van der Waals surface area contributed by atoms with Crippen LogP contribution in [0.25, 0.3) is 10.8 Å². The molecule has 0 radical (unpaired) electrons. The summed E-state index contributed by atoms with van der Waals surface area (Å²) in [6.07, 6.45) is -1.24. The molecule has 0 unspecified atom stereocenters. The van der Waals surface area contributed by atoms with Crippen molar-refractivity contribution in [2.45, 2.75) is 12.7 Å².